The molecule has 7 heteroatoms. The molecule has 0 aliphatic carbocycles. The van der Waals surface area contributed by atoms with Crippen LogP contribution in [0.3, 0.4) is 0 Å². The highest BCUT2D eigenvalue weighted by Gasteiger charge is 2.17. The Morgan fingerprint density at radius 1 is 1.24 bits per heavy atom. The van der Waals surface area contributed by atoms with Crippen LogP contribution in [0.2, 0.25) is 0 Å². The van der Waals surface area contributed by atoms with Gasteiger partial charge in [0.1, 0.15) is 12.2 Å². The highest BCUT2D eigenvalue weighted by atomic mass is 15.3. The molecule has 0 spiro atoms. The zero-order chi connectivity index (χ0) is 17.9. The SMILES string of the molecule is CCNC(=NCCC1CCN(CC)CC1)NCCn1cnnc1CC. The number of likely N-dealkylation sites (tertiary alicyclic amines) is 1. The second kappa shape index (κ2) is 11.1. The summed E-state index contributed by atoms with van der Waals surface area (Å²) in [4.78, 5) is 7.29. The van der Waals surface area contributed by atoms with Gasteiger partial charge in [0.25, 0.3) is 0 Å². The molecule has 0 amide bonds. The van der Waals surface area contributed by atoms with Crippen LogP contribution in [0, 0.1) is 5.92 Å². The Morgan fingerprint density at radius 2 is 2.04 bits per heavy atom. The van der Waals surface area contributed by atoms with Gasteiger partial charge in [-0.25, -0.2) is 0 Å². The molecule has 1 aromatic rings. The second-order valence-electron chi connectivity index (χ2n) is 6.65. The van der Waals surface area contributed by atoms with Gasteiger partial charge in [-0.05, 0) is 51.7 Å². The molecule has 1 fully saturated rings. The van der Waals surface area contributed by atoms with Crippen molar-refractivity contribution in [1.82, 2.24) is 30.3 Å². The summed E-state index contributed by atoms with van der Waals surface area (Å²) >= 11 is 0. The van der Waals surface area contributed by atoms with E-state index in [1.807, 2.05) is 0 Å². The quantitative estimate of drug-likeness (QED) is 0.522. The van der Waals surface area contributed by atoms with Crippen LogP contribution in [0.15, 0.2) is 11.3 Å². The molecule has 7 nitrogen and oxygen atoms in total. The van der Waals surface area contributed by atoms with Crippen molar-refractivity contribution < 1.29 is 0 Å². The molecular formula is C18H35N7. The van der Waals surface area contributed by atoms with Gasteiger partial charge in [-0.15, -0.1) is 10.2 Å². The third-order valence-corrected chi connectivity index (χ3v) is 4.96. The molecule has 25 heavy (non-hydrogen) atoms. The smallest absolute Gasteiger partial charge is 0.191 e. The molecule has 1 aliphatic heterocycles. The van der Waals surface area contributed by atoms with E-state index >= 15 is 0 Å². The summed E-state index contributed by atoms with van der Waals surface area (Å²) in [7, 11) is 0. The lowest BCUT2D eigenvalue weighted by Gasteiger charge is -2.30. The van der Waals surface area contributed by atoms with E-state index < -0.39 is 0 Å². The molecule has 0 bridgehead atoms. The number of nitrogens with one attached hydrogen (secondary N) is 2. The number of hydrogen-bond acceptors (Lipinski definition) is 4. The van der Waals surface area contributed by atoms with Crippen LogP contribution in [0.5, 0.6) is 0 Å². The van der Waals surface area contributed by atoms with E-state index in [9.17, 15) is 0 Å². The van der Waals surface area contributed by atoms with Crippen LogP contribution in [-0.2, 0) is 13.0 Å². The molecule has 2 heterocycles. The fourth-order valence-electron chi connectivity index (χ4n) is 3.33. The molecule has 2 N–H and O–H groups in total. The van der Waals surface area contributed by atoms with Gasteiger partial charge in [-0.2, -0.15) is 0 Å². The van der Waals surface area contributed by atoms with Crippen molar-refractivity contribution in [1.29, 1.82) is 0 Å². The average molecular weight is 350 g/mol. The Kier molecular flexibility index (Phi) is 8.72. The van der Waals surface area contributed by atoms with Crippen molar-refractivity contribution in [2.75, 3.05) is 39.3 Å². The number of nitrogens with zero attached hydrogens (tertiary/aromatic N) is 5. The van der Waals surface area contributed by atoms with Gasteiger partial charge < -0.3 is 20.1 Å². The lowest BCUT2D eigenvalue weighted by molar-refractivity contribution is 0.188. The van der Waals surface area contributed by atoms with Crippen molar-refractivity contribution in [3.8, 4) is 0 Å². The third kappa shape index (κ3) is 6.65. The molecule has 0 aromatic carbocycles. The van der Waals surface area contributed by atoms with Gasteiger partial charge in [-0.1, -0.05) is 13.8 Å². The number of aryl methyl sites for hydroxylation is 1. The zero-order valence-electron chi connectivity index (χ0n) is 16.2. The summed E-state index contributed by atoms with van der Waals surface area (Å²) in [6, 6.07) is 0. The van der Waals surface area contributed by atoms with Gasteiger partial charge >= 0.3 is 0 Å². The van der Waals surface area contributed by atoms with Crippen molar-refractivity contribution in [3.05, 3.63) is 12.2 Å². The number of aromatic nitrogens is 3. The second-order valence-corrected chi connectivity index (χ2v) is 6.65. The van der Waals surface area contributed by atoms with Gasteiger partial charge in [0.2, 0.25) is 0 Å². The van der Waals surface area contributed by atoms with E-state index in [1.54, 1.807) is 6.33 Å². The van der Waals surface area contributed by atoms with E-state index in [0.717, 1.165) is 50.3 Å². The fourth-order valence-corrected chi connectivity index (χ4v) is 3.33. The average Bonchev–Trinajstić information content (AvgIpc) is 3.10. The summed E-state index contributed by atoms with van der Waals surface area (Å²) in [5, 5.41) is 14.8. The summed E-state index contributed by atoms with van der Waals surface area (Å²) < 4.78 is 2.10. The topological polar surface area (TPSA) is 70.4 Å². The minimum atomic E-state index is 0.825. The van der Waals surface area contributed by atoms with E-state index in [1.165, 1.54) is 38.9 Å². The lowest BCUT2D eigenvalue weighted by Crippen LogP contribution is -2.39. The van der Waals surface area contributed by atoms with Gasteiger partial charge in [-0.3, -0.25) is 4.99 Å². The van der Waals surface area contributed by atoms with E-state index in [0.29, 0.717) is 0 Å². The van der Waals surface area contributed by atoms with Crippen LogP contribution in [0.25, 0.3) is 0 Å². The molecule has 1 aliphatic rings. The monoisotopic (exact) mass is 349 g/mol. The minimum Gasteiger partial charge on any atom is -0.357 e. The van der Waals surface area contributed by atoms with E-state index in [4.69, 9.17) is 4.99 Å². The Hall–Kier alpha value is -1.63. The molecular weight excluding hydrogens is 314 g/mol. The Labute approximate surface area is 152 Å². The minimum absolute atomic E-state index is 0.825. The van der Waals surface area contributed by atoms with Crippen LogP contribution in [0.1, 0.15) is 45.9 Å². The van der Waals surface area contributed by atoms with Crippen LogP contribution in [-0.4, -0.2) is 64.9 Å². The van der Waals surface area contributed by atoms with Crippen LogP contribution < -0.4 is 10.6 Å². The Balaban J connectivity index is 1.71. The largest absolute Gasteiger partial charge is 0.357 e. The van der Waals surface area contributed by atoms with Gasteiger partial charge in [0, 0.05) is 32.6 Å². The number of rotatable bonds is 9. The molecule has 0 radical (unpaired) electrons. The first-order chi connectivity index (χ1) is 12.3. The Morgan fingerprint density at radius 3 is 2.72 bits per heavy atom. The first-order valence-corrected chi connectivity index (χ1v) is 9.88. The summed E-state index contributed by atoms with van der Waals surface area (Å²) in [5.41, 5.74) is 0. The maximum atomic E-state index is 4.75. The number of piperidine rings is 1. The maximum absolute atomic E-state index is 4.75. The van der Waals surface area contributed by atoms with Crippen molar-refractivity contribution >= 4 is 5.96 Å². The summed E-state index contributed by atoms with van der Waals surface area (Å²) in [6.45, 7) is 13.6. The highest BCUT2D eigenvalue weighted by molar-refractivity contribution is 5.79. The molecule has 1 saturated heterocycles. The standard InChI is InChI=1S/C18H35N7/c1-4-17-23-22-15-25(17)14-11-21-18(19-5-2)20-10-7-16-8-12-24(6-3)13-9-16/h15-16H,4-14H2,1-3H3,(H2,19,20,21). The Bertz CT molecular complexity index is 503. The first kappa shape index (κ1) is 19.7. The molecule has 0 saturated carbocycles. The zero-order valence-corrected chi connectivity index (χ0v) is 16.2. The number of aliphatic imine (C=N–C) groups is 1. The molecule has 2 rings (SSSR count). The van der Waals surface area contributed by atoms with E-state index in [2.05, 4.69) is 51.1 Å². The predicted octanol–water partition coefficient (Wildman–Crippen LogP) is 1.52. The predicted molar refractivity (Wildman–Crippen MR) is 103 cm³/mol. The summed E-state index contributed by atoms with van der Waals surface area (Å²) in [6.07, 6.45) is 6.54. The normalized spacial score (nSPS) is 17.0. The third-order valence-electron chi connectivity index (χ3n) is 4.96. The molecule has 142 valence electrons. The van der Waals surface area contributed by atoms with Crippen molar-refractivity contribution in [2.45, 2.75) is 53.0 Å². The number of hydrogen-bond donors (Lipinski definition) is 2. The molecule has 0 atom stereocenters. The van der Waals surface area contributed by atoms with Crippen molar-refractivity contribution in [3.63, 3.8) is 0 Å². The summed E-state index contributed by atoms with van der Waals surface area (Å²) in [5.74, 6) is 2.78. The van der Waals surface area contributed by atoms with Crippen molar-refractivity contribution in [2.24, 2.45) is 10.9 Å². The van der Waals surface area contributed by atoms with E-state index in [-0.39, 0.29) is 0 Å². The fraction of sp³-hybridized carbons (Fsp3) is 0.833. The maximum Gasteiger partial charge on any atom is 0.191 e. The molecule has 1 aromatic heterocycles. The van der Waals surface area contributed by atoms with Gasteiger partial charge in [0.05, 0.1) is 0 Å². The lowest BCUT2D eigenvalue weighted by atomic mass is 9.94. The number of guanidine groups is 1. The van der Waals surface area contributed by atoms with Crippen LogP contribution in [0.4, 0.5) is 0 Å². The molecule has 0 unspecified atom stereocenters. The van der Waals surface area contributed by atoms with Gasteiger partial charge in [0.15, 0.2) is 5.96 Å². The van der Waals surface area contributed by atoms with Crippen LogP contribution >= 0.6 is 0 Å². The highest BCUT2D eigenvalue weighted by Crippen LogP contribution is 2.19. The first-order valence-electron chi connectivity index (χ1n) is 9.88.